The molecule has 1 unspecified atom stereocenters. The number of carboxylic acids is 1. The molecule has 8 heteroatoms. The molecule has 1 heterocycles. The Kier molecular flexibility index (Phi) is 6.15. The fraction of sp³-hybridized carbons (Fsp3) is 0.500. The summed E-state index contributed by atoms with van der Waals surface area (Å²) in [4.78, 5) is 24.8. The third-order valence-corrected chi connectivity index (χ3v) is 4.65. The van der Waals surface area contributed by atoms with Crippen molar-refractivity contribution in [2.24, 2.45) is 5.92 Å². The van der Waals surface area contributed by atoms with Gasteiger partial charge in [-0.1, -0.05) is 0 Å². The molecule has 1 aromatic carbocycles. The highest BCUT2D eigenvalue weighted by molar-refractivity contribution is 8.00. The van der Waals surface area contributed by atoms with Gasteiger partial charge in [-0.3, -0.25) is 9.59 Å². The number of amides is 1. The molecule has 1 amide bonds. The molecule has 24 heavy (non-hydrogen) atoms. The van der Waals surface area contributed by atoms with Crippen molar-refractivity contribution >= 4 is 23.6 Å². The maximum atomic E-state index is 12.5. The van der Waals surface area contributed by atoms with Gasteiger partial charge in [-0.2, -0.15) is 13.2 Å². The lowest BCUT2D eigenvalue weighted by atomic mass is 9.93. The number of halogens is 3. The van der Waals surface area contributed by atoms with Crippen LogP contribution < -0.4 is 0 Å². The van der Waals surface area contributed by atoms with Gasteiger partial charge in [0.05, 0.1) is 0 Å². The van der Waals surface area contributed by atoms with E-state index in [1.165, 1.54) is 24.3 Å². The molecule has 0 saturated carbocycles. The van der Waals surface area contributed by atoms with Crippen LogP contribution in [-0.2, 0) is 4.79 Å². The molecular formula is C16H18F3NO3S. The highest BCUT2D eigenvalue weighted by atomic mass is 32.2. The van der Waals surface area contributed by atoms with Crippen molar-refractivity contribution in [1.29, 1.82) is 0 Å². The van der Waals surface area contributed by atoms with Gasteiger partial charge in [-0.25, -0.2) is 0 Å². The van der Waals surface area contributed by atoms with Gasteiger partial charge in [0.2, 0.25) is 0 Å². The van der Waals surface area contributed by atoms with Crippen LogP contribution in [0.1, 0.15) is 36.0 Å². The Bertz CT molecular complexity index is 589. The summed E-state index contributed by atoms with van der Waals surface area (Å²) in [6.45, 7) is 1.08. The fourth-order valence-electron chi connectivity index (χ4n) is 2.79. The zero-order valence-corrected chi connectivity index (χ0v) is 13.7. The standard InChI is InChI=1S/C16H18F3NO3S/c17-16(18,19)24-13-6-4-12(5-7-13)15(23)20-9-1-2-11(10-20)3-8-14(21)22/h4-7,11H,1-3,8-10H2,(H,21,22). The Morgan fingerprint density at radius 3 is 2.50 bits per heavy atom. The van der Waals surface area contributed by atoms with E-state index in [2.05, 4.69) is 0 Å². The number of nitrogens with zero attached hydrogens (tertiary/aromatic N) is 1. The van der Waals surface area contributed by atoms with Crippen molar-refractivity contribution in [3.63, 3.8) is 0 Å². The number of aliphatic carboxylic acids is 1. The van der Waals surface area contributed by atoms with E-state index in [4.69, 9.17) is 5.11 Å². The quantitative estimate of drug-likeness (QED) is 0.805. The second-order valence-electron chi connectivity index (χ2n) is 5.76. The highest BCUT2D eigenvalue weighted by Crippen LogP contribution is 2.36. The molecule has 1 atom stereocenters. The average molecular weight is 361 g/mol. The van der Waals surface area contributed by atoms with Gasteiger partial charge in [-0.05, 0) is 61.2 Å². The smallest absolute Gasteiger partial charge is 0.446 e. The van der Waals surface area contributed by atoms with Crippen LogP contribution in [0.4, 0.5) is 13.2 Å². The molecule has 132 valence electrons. The molecule has 0 radical (unpaired) electrons. The monoisotopic (exact) mass is 361 g/mol. The van der Waals surface area contributed by atoms with Crippen LogP contribution in [0.15, 0.2) is 29.2 Å². The lowest BCUT2D eigenvalue weighted by Crippen LogP contribution is -2.40. The van der Waals surface area contributed by atoms with Crippen LogP contribution in [0.5, 0.6) is 0 Å². The minimum Gasteiger partial charge on any atom is -0.481 e. The maximum Gasteiger partial charge on any atom is 0.446 e. The molecule has 1 fully saturated rings. The summed E-state index contributed by atoms with van der Waals surface area (Å²) in [5.74, 6) is -0.923. The minimum absolute atomic E-state index is 0.0389. The Balaban J connectivity index is 1.96. The fourth-order valence-corrected chi connectivity index (χ4v) is 3.33. The van der Waals surface area contributed by atoms with Crippen molar-refractivity contribution in [3.8, 4) is 0 Å². The Labute approximate surface area is 142 Å². The number of carbonyl (C=O) groups excluding carboxylic acids is 1. The van der Waals surface area contributed by atoms with Crippen LogP contribution in [0.2, 0.25) is 0 Å². The molecule has 0 aromatic heterocycles. The first-order valence-electron chi connectivity index (χ1n) is 7.61. The number of hydrogen-bond donors (Lipinski definition) is 1. The van der Waals surface area contributed by atoms with Crippen LogP contribution in [0.3, 0.4) is 0 Å². The normalized spacial score (nSPS) is 18.5. The highest BCUT2D eigenvalue weighted by Gasteiger charge is 2.29. The summed E-state index contributed by atoms with van der Waals surface area (Å²) in [7, 11) is 0. The zero-order chi connectivity index (χ0) is 17.7. The summed E-state index contributed by atoms with van der Waals surface area (Å²) in [6, 6.07) is 5.38. The number of likely N-dealkylation sites (tertiary alicyclic amines) is 1. The van der Waals surface area contributed by atoms with Gasteiger partial charge in [0.25, 0.3) is 5.91 Å². The van der Waals surface area contributed by atoms with Crippen LogP contribution in [-0.4, -0.2) is 40.5 Å². The van der Waals surface area contributed by atoms with E-state index in [1.54, 1.807) is 4.90 Å². The van der Waals surface area contributed by atoms with Crippen molar-refractivity contribution < 1.29 is 27.9 Å². The van der Waals surface area contributed by atoms with Crippen molar-refractivity contribution in [3.05, 3.63) is 29.8 Å². The molecule has 0 spiro atoms. The number of piperidine rings is 1. The average Bonchev–Trinajstić information content (AvgIpc) is 2.52. The number of benzene rings is 1. The zero-order valence-electron chi connectivity index (χ0n) is 12.9. The molecular weight excluding hydrogens is 343 g/mol. The molecule has 4 nitrogen and oxygen atoms in total. The number of thioether (sulfide) groups is 1. The summed E-state index contributed by atoms with van der Waals surface area (Å²) >= 11 is -0.214. The Morgan fingerprint density at radius 2 is 1.92 bits per heavy atom. The topological polar surface area (TPSA) is 57.6 Å². The van der Waals surface area contributed by atoms with E-state index in [-0.39, 0.29) is 34.9 Å². The molecule has 0 bridgehead atoms. The SMILES string of the molecule is O=C(O)CCC1CCCN(C(=O)c2ccc(SC(F)(F)F)cc2)C1. The second-order valence-corrected chi connectivity index (χ2v) is 6.90. The third kappa shape index (κ3) is 5.74. The number of rotatable bonds is 5. The van der Waals surface area contributed by atoms with Crippen LogP contribution in [0.25, 0.3) is 0 Å². The first kappa shape index (κ1) is 18.6. The molecule has 2 rings (SSSR count). The molecule has 1 aliphatic rings. The number of hydrogen-bond acceptors (Lipinski definition) is 3. The van der Waals surface area contributed by atoms with Gasteiger partial charge < -0.3 is 10.0 Å². The summed E-state index contributed by atoms with van der Waals surface area (Å²) in [5.41, 5.74) is -4.00. The molecule has 0 aliphatic carbocycles. The van der Waals surface area contributed by atoms with Gasteiger partial charge in [0, 0.05) is 30.0 Å². The van der Waals surface area contributed by atoms with Crippen molar-refractivity contribution in [1.82, 2.24) is 4.90 Å². The molecule has 1 saturated heterocycles. The number of carboxylic acid groups (broad SMARTS) is 1. The first-order valence-corrected chi connectivity index (χ1v) is 8.43. The second kappa shape index (κ2) is 7.92. The van der Waals surface area contributed by atoms with E-state index < -0.39 is 11.5 Å². The van der Waals surface area contributed by atoms with Gasteiger partial charge >= 0.3 is 11.5 Å². The molecule has 1 aliphatic heterocycles. The Morgan fingerprint density at radius 1 is 1.25 bits per heavy atom. The van der Waals surface area contributed by atoms with E-state index in [1.807, 2.05) is 0 Å². The van der Waals surface area contributed by atoms with Gasteiger partial charge in [0.1, 0.15) is 0 Å². The van der Waals surface area contributed by atoms with Crippen LogP contribution in [0, 0.1) is 5.92 Å². The van der Waals surface area contributed by atoms with Crippen molar-refractivity contribution in [2.45, 2.75) is 36.1 Å². The third-order valence-electron chi connectivity index (χ3n) is 3.91. The van der Waals surface area contributed by atoms with E-state index in [0.29, 0.717) is 25.1 Å². The van der Waals surface area contributed by atoms with E-state index >= 15 is 0 Å². The van der Waals surface area contributed by atoms with Crippen molar-refractivity contribution in [2.75, 3.05) is 13.1 Å². The van der Waals surface area contributed by atoms with E-state index in [0.717, 1.165) is 12.8 Å². The number of carbonyl (C=O) groups is 2. The summed E-state index contributed by atoms with van der Waals surface area (Å²) in [6.07, 6.45) is 2.30. The molecule has 1 aromatic rings. The summed E-state index contributed by atoms with van der Waals surface area (Å²) < 4.78 is 36.9. The Hall–Kier alpha value is -1.70. The van der Waals surface area contributed by atoms with Crippen LogP contribution >= 0.6 is 11.8 Å². The maximum absolute atomic E-state index is 12.5. The summed E-state index contributed by atoms with van der Waals surface area (Å²) in [5, 5.41) is 8.74. The lowest BCUT2D eigenvalue weighted by molar-refractivity contribution is -0.137. The first-order chi connectivity index (χ1) is 11.2. The largest absolute Gasteiger partial charge is 0.481 e. The predicted molar refractivity (Wildman–Crippen MR) is 83.9 cm³/mol. The van der Waals surface area contributed by atoms with Gasteiger partial charge in [-0.15, -0.1) is 0 Å². The minimum atomic E-state index is -4.35. The van der Waals surface area contributed by atoms with Gasteiger partial charge in [0.15, 0.2) is 0 Å². The number of alkyl halides is 3. The molecule has 1 N–H and O–H groups in total. The predicted octanol–water partition coefficient (Wildman–Crippen LogP) is 4.02. The van der Waals surface area contributed by atoms with E-state index in [9.17, 15) is 22.8 Å². The lowest BCUT2D eigenvalue weighted by Gasteiger charge is -2.32.